The Kier molecular flexibility index (Phi) is 6.02. The van der Waals surface area contributed by atoms with Crippen LogP contribution in [0.3, 0.4) is 0 Å². The van der Waals surface area contributed by atoms with E-state index in [1.807, 2.05) is 6.92 Å². The zero-order valence-electron chi connectivity index (χ0n) is 14.0. The van der Waals surface area contributed by atoms with Gasteiger partial charge in [-0.25, -0.2) is 0 Å². The lowest BCUT2D eigenvalue weighted by molar-refractivity contribution is -0.132. The van der Waals surface area contributed by atoms with Crippen LogP contribution in [0, 0.1) is 5.92 Å². The van der Waals surface area contributed by atoms with E-state index in [9.17, 15) is 4.79 Å². The zero-order chi connectivity index (χ0) is 15.4. The monoisotopic (exact) mass is 297 g/mol. The molecular formula is C16H31N3O2. The third kappa shape index (κ3) is 4.94. The van der Waals surface area contributed by atoms with Gasteiger partial charge in [-0.1, -0.05) is 0 Å². The van der Waals surface area contributed by atoms with Gasteiger partial charge in [-0.2, -0.15) is 0 Å². The number of piperidine rings is 1. The lowest BCUT2D eigenvalue weighted by Gasteiger charge is -2.38. The van der Waals surface area contributed by atoms with Crippen molar-refractivity contribution in [1.82, 2.24) is 15.1 Å². The summed E-state index contributed by atoms with van der Waals surface area (Å²) >= 11 is 0. The predicted octanol–water partition coefficient (Wildman–Crippen LogP) is 0.942. The summed E-state index contributed by atoms with van der Waals surface area (Å²) in [6.45, 7) is 11.0. The van der Waals surface area contributed by atoms with E-state index >= 15 is 0 Å². The number of carbonyl (C=O) groups excluding carboxylic acids is 1. The topological polar surface area (TPSA) is 44.8 Å². The fraction of sp³-hybridized carbons (Fsp3) is 0.938. The Morgan fingerprint density at radius 2 is 1.81 bits per heavy atom. The van der Waals surface area contributed by atoms with Crippen molar-refractivity contribution in [3.63, 3.8) is 0 Å². The highest BCUT2D eigenvalue weighted by atomic mass is 16.5. The van der Waals surface area contributed by atoms with Gasteiger partial charge in [0.15, 0.2) is 0 Å². The maximum atomic E-state index is 12.4. The van der Waals surface area contributed by atoms with E-state index in [2.05, 4.69) is 36.0 Å². The summed E-state index contributed by atoms with van der Waals surface area (Å²) in [6, 6.07) is -0.0648. The van der Waals surface area contributed by atoms with Gasteiger partial charge in [-0.05, 0) is 59.7 Å². The lowest BCUT2D eigenvalue weighted by Crippen LogP contribution is -2.54. The lowest BCUT2D eigenvalue weighted by atomic mass is 9.97. The summed E-state index contributed by atoms with van der Waals surface area (Å²) in [4.78, 5) is 17.0. The molecule has 21 heavy (non-hydrogen) atoms. The minimum Gasteiger partial charge on any atom is -0.373 e. The number of morpholine rings is 1. The predicted molar refractivity (Wildman–Crippen MR) is 84.3 cm³/mol. The summed E-state index contributed by atoms with van der Waals surface area (Å²) in [6.07, 6.45) is 2.80. The summed E-state index contributed by atoms with van der Waals surface area (Å²) in [7, 11) is 2.16. The van der Waals surface area contributed by atoms with Gasteiger partial charge in [0.2, 0.25) is 5.91 Å². The molecule has 1 N–H and O–H groups in total. The van der Waals surface area contributed by atoms with Crippen molar-refractivity contribution in [2.24, 2.45) is 5.92 Å². The van der Waals surface area contributed by atoms with Crippen LogP contribution >= 0.6 is 0 Å². The van der Waals surface area contributed by atoms with E-state index in [0.29, 0.717) is 5.92 Å². The number of carbonyl (C=O) groups is 1. The first-order valence-electron chi connectivity index (χ1n) is 8.31. The molecule has 5 heteroatoms. The van der Waals surface area contributed by atoms with Crippen molar-refractivity contribution < 1.29 is 9.53 Å². The van der Waals surface area contributed by atoms with E-state index < -0.39 is 0 Å². The molecule has 2 aliphatic rings. The molecule has 0 spiro atoms. The van der Waals surface area contributed by atoms with Crippen LogP contribution in [0.25, 0.3) is 0 Å². The smallest absolute Gasteiger partial charge is 0.237 e. The van der Waals surface area contributed by atoms with Crippen molar-refractivity contribution in [2.75, 3.05) is 39.8 Å². The third-order valence-corrected chi connectivity index (χ3v) is 4.78. The number of nitrogens with zero attached hydrogens (tertiary/aromatic N) is 2. The van der Waals surface area contributed by atoms with Crippen molar-refractivity contribution in [3.8, 4) is 0 Å². The van der Waals surface area contributed by atoms with Crippen LogP contribution in [0.5, 0.6) is 0 Å². The van der Waals surface area contributed by atoms with Crippen molar-refractivity contribution in [1.29, 1.82) is 0 Å². The molecule has 5 nitrogen and oxygen atoms in total. The minimum atomic E-state index is -0.0648. The number of hydrogen-bond acceptors (Lipinski definition) is 4. The molecule has 2 fully saturated rings. The minimum absolute atomic E-state index is 0.0648. The molecule has 0 bridgehead atoms. The molecule has 122 valence electrons. The molecule has 2 aliphatic heterocycles. The summed E-state index contributed by atoms with van der Waals surface area (Å²) in [5.74, 6) is 0.801. The highest BCUT2D eigenvalue weighted by Gasteiger charge is 2.29. The fourth-order valence-corrected chi connectivity index (χ4v) is 3.36. The van der Waals surface area contributed by atoms with Crippen LogP contribution in [0.4, 0.5) is 0 Å². The van der Waals surface area contributed by atoms with Crippen LogP contribution in [-0.4, -0.2) is 73.7 Å². The Morgan fingerprint density at radius 3 is 2.38 bits per heavy atom. The standard InChI is InChI=1S/C16H31N3O2/c1-12-10-19(11-13(2)21-12)14(3)16(20)17-9-15-5-7-18(4)8-6-15/h12-15H,5-11H2,1-4H3,(H,17,20)/t12-,13+,14?. The molecule has 0 aromatic heterocycles. The second kappa shape index (κ2) is 7.56. The molecule has 3 atom stereocenters. The molecular weight excluding hydrogens is 266 g/mol. The zero-order valence-corrected chi connectivity index (χ0v) is 14.0. The van der Waals surface area contributed by atoms with Gasteiger partial charge >= 0.3 is 0 Å². The molecule has 0 aromatic carbocycles. The van der Waals surface area contributed by atoms with Crippen LogP contribution < -0.4 is 5.32 Å². The summed E-state index contributed by atoms with van der Waals surface area (Å²) in [5, 5.41) is 3.15. The number of rotatable bonds is 4. The Bertz CT molecular complexity index is 332. The van der Waals surface area contributed by atoms with Crippen LogP contribution in [-0.2, 0) is 9.53 Å². The number of likely N-dealkylation sites (tertiary alicyclic amines) is 1. The normalized spacial score (nSPS) is 31.0. The Balaban J connectivity index is 1.74. The van der Waals surface area contributed by atoms with Gasteiger partial charge in [0, 0.05) is 19.6 Å². The molecule has 0 saturated carbocycles. The van der Waals surface area contributed by atoms with E-state index in [1.165, 1.54) is 12.8 Å². The molecule has 2 heterocycles. The largest absolute Gasteiger partial charge is 0.373 e. The number of amides is 1. The molecule has 1 unspecified atom stereocenters. The molecule has 0 aliphatic carbocycles. The van der Waals surface area contributed by atoms with Gasteiger partial charge in [-0.3, -0.25) is 9.69 Å². The Hall–Kier alpha value is -0.650. The average Bonchev–Trinajstić information content (AvgIpc) is 2.44. The van der Waals surface area contributed by atoms with Crippen LogP contribution in [0.2, 0.25) is 0 Å². The second-order valence-electron chi connectivity index (χ2n) is 6.88. The van der Waals surface area contributed by atoms with Crippen molar-refractivity contribution in [2.45, 2.75) is 51.9 Å². The van der Waals surface area contributed by atoms with Crippen molar-refractivity contribution >= 4 is 5.91 Å². The highest BCUT2D eigenvalue weighted by Crippen LogP contribution is 2.16. The van der Waals surface area contributed by atoms with Gasteiger partial charge < -0.3 is 15.0 Å². The van der Waals surface area contributed by atoms with E-state index in [0.717, 1.165) is 32.7 Å². The Morgan fingerprint density at radius 1 is 1.24 bits per heavy atom. The number of nitrogens with one attached hydrogen (secondary N) is 1. The van der Waals surface area contributed by atoms with E-state index in [1.54, 1.807) is 0 Å². The molecule has 0 radical (unpaired) electrons. The maximum absolute atomic E-state index is 12.4. The van der Waals surface area contributed by atoms with Crippen LogP contribution in [0.1, 0.15) is 33.6 Å². The average molecular weight is 297 g/mol. The fourth-order valence-electron chi connectivity index (χ4n) is 3.36. The van der Waals surface area contributed by atoms with Gasteiger partial charge in [0.1, 0.15) is 0 Å². The maximum Gasteiger partial charge on any atom is 0.237 e. The first kappa shape index (κ1) is 16.7. The third-order valence-electron chi connectivity index (χ3n) is 4.78. The first-order valence-corrected chi connectivity index (χ1v) is 8.31. The summed E-state index contributed by atoms with van der Waals surface area (Å²) < 4.78 is 5.73. The number of ether oxygens (including phenoxy) is 1. The second-order valence-corrected chi connectivity index (χ2v) is 6.88. The summed E-state index contributed by atoms with van der Waals surface area (Å²) in [5.41, 5.74) is 0. The van der Waals surface area contributed by atoms with E-state index in [-0.39, 0.29) is 24.2 Å². The molecule has 0 aromatic rings. The van der Waals surface area contributed by atoms with Gasteiger partial charge in [0.05, 0.1) is 18.2 Å². The quantitative estimate of drug-likeness (QED) is 0.839. The number of hydrogen-bond donors (Lipinski definition) is 1. The molecule has 1 amide bonds. The van der Waals surface area contributed by atoms with E-state index in [4.69, 9.17) is 4.74 Å². The van der Waals surface area contributed by atoms with Gasteiger partial charge in [-0.15, -0.1) is 0 Å². The SMILES string of the molecule is CC(C(=O)NCC1CCN(C)CC1)N1C[C@@H](C)O[C@@H](C)C1. The molecule has 2 rings (SSSR count). The van der Waals surface area contributed by atoms with Crippen molar-refractivity contribution in [3.05, 3.63) is 0 Å². The Labute approximate surface area is 129 Å². The molecule has 2 saturated heterocycles. The highest BCUT2D eigenvalue weighted by molar-refractivity contribution is 5.81. The van der Waals surface area contributed by atoms with Crippen LogP contribution in [0.15, 0.2) is 0 Å². The van der Waals surface area contributed by atoms with Gasteiger partial charge in [0.25, 0.3) is 0 Å². The first-order chi connectivity index (χ1) is 9.95.